The predicted molar refractivity (Wildman–Crippen MR) is 71.1 cm³/mol. The molecule has 0 saturated carbocycles. The van der Waals surface area contributed by atoms with Gasteiger partial charge in [-0.1, -0.05) is 0 Å². The lowest BCUT2D eigenvalue weighted by molar-refractivity contribution is -0.164. The second-order valence-corrected chi connectivity index (χ2v) is 5.79. The zero-order valence-corrected chi connectivity index (χ0v) is 13.6. The lowest BCUT2D eigenvalue weighted by Gasteiger charge is -2.29. The molecule has 0 fully saturated rings. The SMILES string of the molecule is Cn1nc(C(F)(F)F)c(Br)c1C(=O)N1N=C(C(F)F)CC1(O)C(F)F. The minimum atomic E-state index is -4.98. The molecular weight excluding hydrogens is 433 g/mol. The van der Waals surface area contributed by atoms with Crippen molar-refractivity contribution in [2.45, 2.75) is 31.2 Å². The summed E-state index contributed by atoms with van der Waals surface area (Å²) in [5.74, 6) is -1.66. The van der Waals surface area contributed by atoms with Gasteiger partial charge in [-0.2, -0.15) is 28.4 Å². The van der Waals surface area contributed by atoms with Gasteiger partial charge in [0.1, 0.15) is 11.4 Å². The number of alkyl halides is 7. The van der Waals surface area contributed by atoms with Crippen LogP contribution in [-0.4, -0.2) is 50.1 Å². The first-order valence-electron chi connectivity index (χ1n) is 6.31. The van der Waals surface area contributed by atoms with Gasteiger partial charge in [0.15, 0.2) is 5.69 Å². The normalized spacial score (nSPS) is 21.4. The number of aliphatic hydroxyl groups is 1. The van der Waals surface area contributed by atoms with Crippen LogP contribution in [0.4, 0.5) is 30.7 Å². The molecule has 0 bridgehead atoms. The Hall–Kier alpha value is -1.70. The van der Waals surface area contributed by atoms with E-state index in [0.29, 0.717) is 4.68 Å². The number of amides is 1. The number of hydrazone groups is 1. The Kier molecular flexibility index (Phi) is 4.89. The highest BCUT2D eigenvalue weighted by Crippen LogP contribution is 2.39. The van der Waals surface area contributed by atoms with E-state index in [9.17, 15) is 40.6 Å². The molecular formula is C11H8BrF7N4O2. The van der Waals surface area contributed by atoms with Gasteiger partial charge in [0.2, 0.25) is 5.72 Å². The smallest absolute Gasteiger partial charge is 0.364 e. The molecule has 14 heteroatoms. The fraction of sp³-hybridized carbons (Fsp3) is 0.545. The lowest BCUT2D eigenvalue weighted by Crippen LogP contribution is -2.52. The number of aryl methyl sites for hydroxylation is 1. The zero-order chi connectivity index (χ0) is 19.3. The van der Waals surface area contributed by atoms with Crippen LogP contribution in [0.3, 0.4) is 0 Å². The third-order valence-corrected chi connectivity index (χ3v) is 4.04. The average Bonchev–Trinajstić information content (AvgIpc) is 2.97. The maximum absolute atomic E-state index is 13.1. The van der Waals surface area contributed by atoms with Gasteiger partial charge in [-0.05, 0) is 15.9 Å². The summed E-state index contributed by atoms with van der Waals surface area (Å²) in [7, 11) is 0.905. The maximum atomic E-state index is 13.1. The Balaban J connectivity index is 2.54. The summed E-state index contributed by atoms with van der Waals surface area (Å²) in [6, 6.07) is 0. The van der Waals surface area contributed by atoms with Crippen LogP contribution < -0.4 is 0 Å². The van der Waals surface area contributed by atoms with E-state index in [2.05, 4.69) is 26.1 Å². The maximum Gasteiger partial charge on any atom is 0.436 e. The van der Waals surface area contributed by atoms with Crippen molar-refractivity contribution in [3.05, 3.63) is 15.9 Å². The Labute approximate surface area is 143 Å². The van der Waals surface area contributed by atoms with Crippen molar-refractivity contribution >= 4 is 27.5 Å². The largest absolute Gasteiger partial charge is 0.436 e. The Morgan fingerprint density at radius 2 is 1.88 bits per heavy atom. The molecule has 0 aliphatic carbocycles. The van der Waals surface area contributed by atoms with Crippen LogP contribution in [0, 0.1) is 0 Å². The summed E-state index contributed by atoms with van der Waals surface area (Å²) < 4.78 is 89.5. The average molecular weight is 441 g/mol. The number of halogens is 8. The van der Waals surface area contributed by atoms with E-state index in [1.54, 1.807) is 0 Å². The molecule has 2 heterocycles. The highest BCUT2D eigenvalue weighted by molar-refractivity contribution is 9.10. The van der Waals surface area contributed by atoms with E-state index in [1.807, 2.05) is 0 Å². The van der Waals surface area contributed by atoms with Crippen molar-refractivity contribution in [2.24, 2.45) is 12.1 Å². The molecule has 1 aromatic heterocycles. The third kappa shape index (κ3) is 3.23. The van der Waals surface area contributed by atoms with Gasteiger partial charge in [0.05, 0.1) is 4.47 Å². The van der Waals surface area contributed by atoms with Crippen molar-refractivity contribution in [3.8, 4) is 0 Å². The second-order valence-electron chi connectivity index (χ2n) is 5.00. The van der Waals surface area contributed by atoms with Gasteiger partial charge in [0.25, 0.3) is 18.8 Å². The Morgan fingerprint density at radius 1 is 1.32 bits per heavy atom. The fourth-order valence-electron chi connectivity index (χ4n) is 2.12. The van der Waals surface area contributed by atoms with Gasteiger partial charge in [-0.3, -0.25) is 9.48 Å². The topological polar surface area (TPSA) is 70.7 Å². The fourth-order valence-corrected chi connectivity index (χ4v) is 2.85. The van der Waals surface area contributed by atoms with E-state index in [-0.39, 0.29) is 5.01 Å². The molecule has 1 unspecified atom stereocenters. The molecule has 2 rings (SSSR count). The Morgan fingerprint density at radius 3 is 2.28 bits per heavy atom. The number of hydrogen-bond donors (Lipinski definition) is 1. The van der Waals surface area contributed by atoms with E-state index >= 15 is 0 Å². The number of nitrogens with zero attached hydrogens (tertiary/aromatic N) is 4. The summed E-state index contributed by atoms with van der Waals surface area (Å²) in [6.07, 6.45) is -13.4. The molecule has 25 heavy (non-hydrogen) atoms. The lowest BCUT2D eigenvalue weighted by atomic mass is 10.1. The summed E-state index contributed by atoms with van der Waals surface area (Å²) in [5, 5.41) is 15.5. The van der Waals surface area contributed by atoms with Crippen LogP contribution in [0.1, 0.15) is 22.6 Å². The molecule has 0 saturated heterocycles. The number of rotatable bonds is 3. The van der Waals surface area contributed by atoms with Crippen LogP contribution >= 0.6 is 15.9 Å². The van der Waals surface area contributed by atoms with Crippen molar-refractivity contribution in [3.63, 3.8) is 0 Å². The molecule has 140 valence electrons. The van der Waals surface area contributed by atoms with E-state index < -0.39 is 58.7 Å². The van der Waals surface area contributed by atoms with Gasteiger partial charge < -0.3 is 5.11 Å². The van der Waals surface area contributed by atoms with Crippen LogP contribution in [0.25, 0.3) is 0 Å². The zero-order valence-electron chi connectivity index (χ0n) is 12.0. The highest BCUT2D eigenvalue weighted by atomic mass is 79.9. The first-order chi connectivity index (χ1) is 11.3. The molecule has 0 spiro atoms. The summed E-state index contributed by atoms with van der Waals surface area (Å²) in [5.41, 5.74) is -7.04. The molecule has 1 aliphatic heterocycles. The first kappa shape index (κ1) is 19.6. The molecule has 1 aromatic rings. The molecule has 0 radical (unpaired) electrons. The minimum absolute atomic E-state index is 0.346. The van der Waals surface area contributed by atoms with Crippen molar-refractivity contribution in [2.75, 3.05) is 0 Å². The predicted octanol–water partition coefficient (Wildman–Crippen LogP) is 2.62. The van der Waals surface area contributed by atoms with Crippen molar-refractivity contribution < 1.29 is 40.6 Å². The minimum Gasteiger partial charge on any atom is -0.364 e. The second kappa shape index (κ2) is 6.23. The van der Waals surface area contributed by atoms with Crippen LogP contribution in [0.15, 0.2) is 9.57 Å². The summed E-state index contributed by atoms with van der Waals surface area (Å²) in [6.45, 7) is 0. The quantitative estimate of drug-likeness (QED) is 0.734. The monoisotopic (exact) mass is 440 g/mol. The van der Waals surface area contributed by atoms with Crippen LogP contribution in [-0.2, 0) is 13.2 Å². The van der Waals surface area contributed by atoms with Gasteiger partial charge in [-0.25, -0.2) is 17.6 Å². The van der Waals surface area contributed by atoms with Crippen molar-refractivity contribution in [1.82, 2.24) is 14.8 Å². The number of aromatic nitrogens is 2. The third-order valence-electron chi connectivity index (χ3n) is 3.29. The number of carbonyl (C=O) groups excluding carboxylic acids is 1. The standard InChI is InChI=1S/C11H8BrF7N4O2/c1-22-5(4(12)6(21-22)11(17,18)19)8(24)23-10(25,9(15)16)2-3(20-23)7(13)14/h7,9,25H,2H2,1H3. The molecule has 1 N–H and O–H groups in total. The highest BCUT2D eigenvalue weighted by Gasteiger charge is 2.54. The van der Waals surface area contributed by atoms with Gasteiger partial charge >= 0.3 is 6.18 Å². The first-order valence-corrected chi connectivity index (χ1v) is 7.10. The van der Waals surface area contributed by atoms with E-state index in [0.717, 1.165) is 7.05 Å². The van der Waals surface area contributed by atoms with Crippen LogP contribution in [0.2, 0.25) is 0 Å². The van der Waals surface area contributed by atoms with Gasteiger partial charge in [0, 0.05) is 13.5 Å². The van der Waals surface area contributed by atoms with Crippen molar-refractivity contribution in [1.29, 1.82) is 0 Å². The molecule has 6 nitrogen and oxygen atoms in total. The van der Waals surface area contributed by atoms with Gasteiger partial charge in [-0.15, -0.1) is 0 Å². The van der Waals surface area contributed by atoms with E-state index in [1.165, 1.54) is 0 Å². The van der Waals surface area contributed by atoms with Crippen LogP contribution in [0.5, 0.6) is 0 Å². The summed E-state index contributed by atoms with van der Waals surface area (Å²) >= 11 is 2.49. The molecule has 1 atom stereocenters. The molecule has 1 aliphatic rings. The molecule has 1 amide bonds. The number of carbonyl (C=O) groups is 1. The summed E-state index contributed by atoms with van der Waals surface area (Å²) in [4.78, 5) is 12.3. The molecule has 0 aromatic carbocycles. The number of hydrogen-bond acceptors (Lipinski definition) is 4. The Bertz CT molecular complexity index is 733. The van der Waals surface area contributed by atoms with E-state index in [4.69, 9.17) is 0 Å².